The summed E-state index contributed by atoms with van der Waals surface area (Å²) in [5.41, 5.74) is 5.81. The van der Waals surface area contributed by atoms with Gasteiger partial charge < -0.3 is 11.1 Å². The Kier molecular flexibility index (Phi) is 3.66. The van der Waals surface area contributed by atoms with Crippen molar-refractivity contribution in [2.45, 2.75) is 0 Å². The summed E-state index contributed by atoms with van der Waals surface area (Å²) in [5, 5.41) is 2.60. The highest BCUT2D eigenvalue weighted by Gasteiger charge is 2.14. The van der Waals surface area contributed by atoms with E-state index in [-0.39, 0.29) is 10.7 Å². The van der Waals surface area contributed by atoms with Crippen molar-refractivity contribution in [1.82, 2.24) is 0 Å². The quantitative estimate of drug-likeness (QED) is 0.829. The van der Waals surface area contributed by atoms with Crippen LogP contribution in [0, 0.1) is 11.6 Å². The van der Waals surface area contributed by atoms with Crippen LogP contribution in [0.15, 0.2) is 36.4 Å². The largest absolute Gasteiger partial charge is 0.399 e. The standard InChI is InChI=1S/C13H9ClF2N2O/c14-10-6-8(17)2-4-12(10)18-13(19)9-5-7(15)1-3-11(9)16/h1-6H,17H2,(H,18,19). The van der Waals surface area contributed by atoms with Gasteiger partial charge in [-0.1, -0.05) is 11.6 Å². The highest BCUT2D eigenvalue weighted by molar-refractivity contribution is 6.34. The molecule has 0 spiro atoms. The number of halogens is 3. The van der Waals surface area contributed by atoms with E-state index in [0.29, 0.717) is 5.69 Å². The van der Waals surface area contributed by atoms with Gasteiger partial charge in [0.2, 0.25) is 0 Å². The second-order valence-corrected chi connectivity index (χ2v) is 4.22. The molecule has 0 atom stereocenters. The van der Waals surface area contributed by atoms with Gasteiger partial charge in [-0.25, -0.2) is 8.78 Å². The van der Waals surface area contributed by atoms with Gasteiger partial charge >= 0.3 is 0 Å². The van der Waals surface area contributed by atoms with Gasteiger partial charge in [-0.05, 0) is 36.4 Å². The normalized spacial score (nSPS) is 10.3. The maximum atomic E-state index is 13.4. The molecule has 1 amide bonds. The van der Waals surface area contributed by atoms with E-state index in [2.05, 4.69) is 5.32 Å². The number of carbonyl (C=O) groups is 1. The van der Waals surface area contributed by atoms with Gasteiger partial charge in [-0.3, -0.25) is 4.79 Å². The Morgan fingerprint density at radius 1 is 1.16 bits per heavy atom. The fourth-order valence-electron chi connectivity index (χ4n) is 1.49. The zero-order chi connectivity index (χ0) is 14.0. The van der Waals surface area contributed by atoms with E-state index in [4.69, 9.17) is 17.3 Å². The molecule has 0 saturated heterocycles. The Balaban J connectivity index is 2.28. The summed E-state index contributed by atoms with van der Waals surface area (Å²) in [6, 6.07) is 7.09. The lowest BCUT2D eigenvalue weighted by atomic mass is 10.2. The number of nitrogens with one attached hydrogen (secondary N) is 1. The van der Waals surface area contributed by atoms with Gasteiger partial charge in [0.25, 0.3) is 5.91 Å². The van der Waals surface area contributed by atoms with E-state index < -0.39 is 23.1 Å². The summed E-state index contributed by atoms with van der Waals surface area (Å²) < 4.78 is 26.4. The number of benzene rings is 2. The number of hydrogen-bond acceptors (Lipinski definition) is 2. The lowest BCUT2D eigenvalue weighted by Gasteiger charge is -2.08. The van der Waals surface area contributed by atoms with Gasteiger partial charge in [-0.2, -0.15) is 0 Å². The smallest absolute Gasteiger partial charge is 0.258 e. The molecule has 0 unspecified atom stereocenters. The monoisotopic (exact) mass is 282 g/mol. The Morgan fingerprint density at radius 3 is 2.58 bits per heavy atom. The SMILES string of the molecule is Nc1ccc(NC(=O)c2cc(F)ccc2F)c(Cl)c1. The van der Waals surface area contributed by atoms with Gasteiger partial charge in [-0.15, -0.1) is 0 Å². The second-order valence-electron chi connectivity index (χ2n) is 3.82. The summed E-state index contributed by atoms with van der Waals surface area (Å²) in [6.45, 7) is 0. The van der Waals surface area contributed by atoms with Crippen molar-refractivity contribution in [3.05, 3.63) is 58.6 Å². The Bertz CT molecular complexity index is 647. The molecule has 6 heteroatoms. The van der Waals surface area contributed by atoms with E-state index in [1.165, 1.54) is 18.2 Å². The number of carbonyl (C=O) groups excluding carboxylic acids is 1. The average molecular weight is 283 g/mol. The highest BCUT2D eigenvalue weighted by Crippen LogP contribution is 2.24. The Hall–Kier alpha value is -2.14. The van der Waals surface area contributed by atoms with Crippen LogP contribution in [0.25, 0.3) is 0 Å². The molecule has 3 N–H and O–H groups in total. The maximum absolute atomic E-state index is 13.4. The topological polar surface area (TPSA) is 55.1 Å². The third-order valence-electron chi connectivity index (χ3n) is 2.41. The molecule has 0 aliphatic rings. The fraction of sp³-hybridized carbons (Fsp3) is 0. The number of amides is 1. The van der Waals surface area contributed by atoms with E-state index in [0.717, 1.165) is 18.2 Å². The van der Waals surface area contributed by atoms with Crippen LogP contribution in [0.4, 0.5) is 20.2 Å². The Labute approximate surface area is 113 Å². The molecule has 0 bridgehead atoms. The van der Waals surface area contributed by atoms with Crippen molar-refractivity contribution in [1.29, 1.82) is 0 Å². The van der Waals surface area contributed by atoms with Crippen LogP contribution < -0.4 is 11.1 Å². The third-order valence-corrected chi connectivity index (χ3v) is 2.73. The van der Waals surface area contributed by atoms with Gasteiger partial charge in [0.15, 0.2) is 0 Å². The van der Waals surface area contributed by atoms with Crippen LogP contribution in [0.3, 0.4) is 0 Å². The van der Waals surface area contributed by atoms with Gasteiger partial charge in [0.1, 0.15) is 11.6 Å². The predicted octanol–water partition coefficient (Wildman–Crippen LogP) is 3.45. The summed E-state index contributed by atoms with van der Waals surface area (Å²) in [4.78, 5) is 11.8. The molecule has 0 heterocycles. The van der Waals surface area contributed by atoms with Crippen molar-refractivity contribution >= 4 is 28.9 Å². The molecular weight excluding hydrogens is 274 g/mol. The van der Waals surface area contributed by atoms with E-state index in [9.17, 15) is 13.6 Å². The van der Waals surface area contributed by atoms with E-state index in [1.807, 2.05) is 0 Å². The van der Waals surface area contributed by atoms with Crippen LogP contribution in [0.1, 0.15) is 10.4 Å². The first-order chi connectivity index (χ1) is 8.97. The molecule has 0 aromatic heterocycles. The lowest BCUT2D eigenvalue weighted by molar-refractivity contribution is 0.102. The average Bonchev–Trinajstić information content (AvgIpc) is 2.35. The van der Waals surface area contributed by atoms with Gasteiger partial charge in [0.05, 0.1) is 16.3 Å². The second kappa shape index (κ2) is 5.24. The van der Waals surface area contributed by atoms with Crippen LogP contribution in [-0.4, -0.2) is 5.91 Å². The Morgan fingerprint density at radius 2 is 1.89 bits per heavy atom. The molecule has 0 aliphatic carbocycles. The molecular formula is C13H9ClF2N2O. The molecule has 3 nitrogen and oxygen atoms in total. The van der Waals surface area contributed by atoms with Crippen molar-refractivity contribution in [2.24, 2.45) is 0 Å². The molecule has 19 heavy (non-hydrogen) atoms. The molecule has 0 aliphatic heterocycles. The number of rotatable bonds is 2. The van der Waals surface area contributed by atoms with Crippen molar-refractivity contribution in [2.75, 3.05) is 11.1 Å². The minimum absolute atomic E-state index is 0.213. The first kappa shape index (κ1) is 13.3. The van der Waals surface area contributed by atoms with Crippen LogP contribution in [0.5, 0.6) is 0 Å². The molecule has 0 radical (unpaired) electrons. The number of hydrogen-bond donors (Lipinski definition) is 2. The van der Waals surface area contributed by atoms with E-state index in [1.54, 1.807) is 0 Å². The third kappa shape index (κ3) is 3.00. The first-order valence-electron chi connectivity index (χ1n) is 5.29. The number of nitrogens with two attached hydrogens (primary N) is 1. The number of anilines is 2. The van der Waals surface area contributed by atoms with Crippen molar-refractivity contribution < 1.29 is 13.6 Å². The fourth-order valence-corrected chi connectivity index (χ4v) is 1.73. The first-order valence-corrected chi connectivity index (χ1v) is 5.66. The predicted molar refractivity (Wildman–Crippen MR) is 70.2 cm³/mol. The van der Waals surface area contributed by atoms with Crippen LogP contribution in [0.2, 0.25) is 5.02 Å². The summed E-state index contributed by atoms with van der Waals surface area (Å²) in [7, 11) is 0. The summed E-state index contributed by atoms with van der Waals surface area (Å²) >= 11 is 5.87. The highest BCUT2D eigenvalue weighted by atomic mass is 35.5. The molecule has 2 aromatic carbocycles. The van der Waals surface area contributed by atoms with Crippen LogP contribution >= 0.6 is 11.6 Å². The van der Waals surface area contributed by atoms with Crippen molar-refractivity contribution in [3.63, 3.8) is 0 Å². The zero-order valence-electron chi connectivity index (χ0n) is 9.58. The minimum atomic E-state index is -0.814. The molecule has 0 saturated carbocycles. The minimum Gasteiger partial charge on any atom is -0.399 e. The van der Waals surface area contributed by atoms with E-state index >= 15 is 0 Å². The van der Waals surface area contributed by atoms with Gasteiger partial charge in [0, 0.05) is 5.69 Å². The summed E-state index contributed by atoms with van der Waals surface area (Å²) in [6.07, 6.45) is 0. The van der Waals surface area contributed by atoms with Crippen molar-refractivity contribution in [3.8, 4) is 0 Å². The molecule has 2 rings (SSSR count). The lowest BCUT2D eigenvalue weighted by Crippen LogP contribution is -2.14. The molecule has 0 fully saturated rings. The molecule has 98 valence electrons. The number of nitrogen functional groups attached to an aromatic ring is 1. The summed E-state index contributed by atoms with van der Waals surface area (Å²) in [5.74, 6) is -2.30. The van der Waals surface area contributed by atoms with Crippen LogP contribution in [-0.2, 0) is 0 Å². The zero-order valence-corrected chi connectivity index (χ0v) is 10.3. The maximum Gasteiger partial charge on any atom is 0.258 e. The molecule has 2 aromatic rings.